The van der Waals surface area contributed by atoms with E-state index < -0.39 is 5.25 Å². The van der Waals surface area contributed by atoms with E-state index in [0.29, 0.717) is 16.4 Å². The van der Waals surface area contributed by atoms with Gasteiger partial charge in [0.15, 0.2) is 0 Å². The van der Waals surface area contributed by atoms with Crippen molar-refractivity contribution in [2.45, 2.75) is 16.6 Å². The molecule has 3 rings (SSSR count). The molecule has 7 heteroatoms. The van der Waals surface area contributed by atoms with Crippen molar-refractivity contribution in [1.29, 1.82) is 0 Å². The van der Waals surface area contributed by atoms with Gasteiger partial charge in [-0.1, -0.05) is 33.6 Å². The van der Waals surface area contributed by atoms with Crippen LogP contribution in [0, 0.1) is 0 Å². The molecule has 0 spiro atoms. The number of nitrogens with two attached hydrogens (primary N) is 1. The van der Waals surface area contributed by atoms with Crippen LogP contribution in [0.25, 0.3) is 0 Å². The summed E-state index contributed by atoms with van der Waals surface area (Å²) in [7, 11) is 0. The molecule has 0 saturated carbocycles. The molecule has 0 radical (unpaired) electrons. The summed E-state index contributed by atoms with van der Waals surface area (Å²) in [5.41, 5.74) is 6.79. The van der Waals surface area contributed by atoms with Crippen LogP contribution in [0.3, 0.4) is 0 Å². The van der Waals surface area contributed by atoms with Crippen molar-refractivity contribution in [2.75, 3.05) is 10.6 Å². The predicted molar refractivity (Wildman–Crippen MR) is 96.8 cm³/mol. The molecule has 0 bridgehead atoms. The quantitative estimate of drug-likeness (QED) is 0.610. The standard InChI is InChI=1S/C16H12BrClN2O2S/c17-9-4-5-13(12(18)6-9)20-15(21)8-14(16(20)22)23-11-3-1-2-10(19)7-11/h1-7,14H,8,19H2/t14-/m1/s1. The van der Waals surface area contributed by atoms with Gasteiger partial charge in [0.25, 0.3) is 0 Å². The highest BCUT2D eigenvalue weighted by molar-refractivity contribution is 9.10. The van der Waals surface area contributed by atoms with Crippen LogP contribution in [-0.2, 0) is 9.59 Å². The number of hydrogen-bond donors (Lipinski definition) is 1. The van der Waals surface area contributed by atoms with Crippen molar-refractivity contribution in [3.63, 3.8) is 0 Å². The maximum atomic E-state index is 12.6. The lowest BCUT2D eigenvalue weighted by Gasteiger charge is -2.16. The Labute approximate surface area is 151 Å². The van der Waals surface area contributed by atoms with Crippen molar-refractivity contribution in [3.8, 4) is 0 Å². The predicted octanol–water partition coefficient (Wildman–Crippen LogP) is 4.11. The smallest absolute Gasteiger partial charge is 0.247 e. The zero-order valence-corrected chi connectivity index (χ0v) is 15.0. The third kappa shape index (κ3) is 3.39. The number of hydrogen-bond acceptors (Lipinski definition) is 4. The van der Waals surface area contributed by atoms with Gasteiger partial charge in [0.2, 0.25) is 11.8 Å². The largest absolute Gasteiger partial charge is 0.399 e. The molecule has 0 aromatic heterocycles. The third-order valence-electron chi connectivity index (χ3n) is 3.39. The van der Waals surface area contributed by atoms with E-state index in [-0.39, 0.29) is 18.2 Å². The minimum atomic E-state index is -0.469. The van der Waals surface area contributed by atoms with Crippen LogP contribution in [-0.4, -0.2) is 17.1 Å². The summed E-state index contributed by atoms with van der Waals surface area (Å²) in [6, 6.07) is 12.3. The summed E-state index contributed by atoms with van der Waals surface area (Å²) < 4.78 is 0.788. The number of carbonyl (C=O) groups excluding carboxylic acids is 2. The molecule has 1 aliphatic rings. The van der Waals surface area contributed by atoms with Crippen LogP contribution in [0.5, 0.6) is 0 Å². The maximum Gasteiger partial charge on any atom is 0.247 e. The van der Waals surface area contributed by atoms with E-state index in [1.165, 1.54) is 16.7 Å². The van der Waals surface area contributed by atoms with E-state index >= 15 is 0 Å². The van der Waals surface area contributed by atoms with Gasteiger partial charge >= 0.3 is 0 Å². The van der Waals surface area contributed by atoms with Gasteiger partial charge in [0.05, 0.1) is 16.0 Å². The Balaban J connectivity index is 1.85. The van der Waals surface area contributed by atoms with Gasteiger partial charge < -0.3 is 5.73 Å². The molecule has 4 nitrogen and oxygen atoms in total. The fourth-order valence-electron chi connectivity index (χ4n) is 2.36. The molecule has 1 heterocycles. The number of thioether (sulfide) groups is 1. The fourth-order valence-corrected chi connectivity index (χ4v) is 4.24. The van der Waals surface area contributed by atoms with Crippen LogP contribution >= 0.6 is 39.3 Å². The highest BCUT2D eigenvalue weighted by Crippen LogP contribution is 2.37. The Hall–Kier alpha value is -1.50. The molecule has 1 aliphatic heterocycles. The molecule has 0 aliphatic carbocycles. The summed E-state index contributed by atoms with van der Waals surface area (Å²) in [6.45, 7) is 0. The number of amides is 2. The van der Waals surface area contributed by atoms with Crippen molar-refractivity contribution in [3.05, 3.63) is 52.0 Å². The van der Waals surface area contributed by atoms with Crippen molar-refractivity contribution >= 4 is 62.5 Å². The topological polar surface area (TPSA) is 63.4 Å². The number of carbonyl (C=O) groups is 2. The Kier molecular flexibility index (Phi) is 4.66. The Morgan fingerprint density at radius 3 is 2.70 bits per heavy atom. The highest BCUT2D eigenvalue weighted by atomic mass is 79.9. The molecular formula is C16H12BrClN2O2S. The third-order valence-corrected chi connectivity index (χ3v) is 5.37. The fraction of sp³-hybridized carbons (Fsp3) is 0.125. The van der Waals surface area contributed by atoms with Gasteiger partial charge in [0.1, 0.15) is 0 Å². The minimum absolute atomic E-state index is 0.144. The molecule has 2 N–H and O–H groups in total. The lowest BCUT2D eigenvalue weighted by molar-refractivity contribution is -0.121. The van der Waals surface area contributed by atoms with Crippen molar-refractivity contribution in [2.24, 2.45) is 0 Å². The summed E-state index contributed by atoms with van der Waals surface area (Å²) in [5, 5.41) is -0.111. The van der Waals surface area contributed by atoms with E-state index in [4.69, 9.17) is 17.3 Å². The lowest BCUT2D eigenvalue weighted by Crippen LogP contribution is -2.31. The first-order valence-electron chi connectivity index (χ1n) is 6.80. The Morgan fingerprint density at radius 2 is 2.00 bits per heavy atom. The molecule has 1 atom stereocenters. The van der Waals surface area contributed by atoms with Gasteiger partial charge in [-0.3, -0.25) is 9.59 Å². The van der Waals surface area contributed by atoms with E-state index in [1.807, 2.05) is 12.1 Å². The first-order chi connectivity index (χ1) is 11.0. The number of anilines is 2. The Morgan fingerprint density at radius 1 is 1.22 bits per heavy atom. The SMILES string of the molecule is Nc1cccc(S[C@@H]2CC(=O)N(c3ccc(Br)cc3Cl)C2=O)c1. The van der Waals surface area contributed by atoms with Gasteiger partial charge in [-0.2, -0.15) is 0 Å². The second-order valence-corrected chi connectivity index (χ2v) is 7.65. The van der Waals surface area contributed by atoms with Gasteiger partial charge in [0, 0.05) is 21.5 Å². The number of rotatable bonds is 3. The first kappa shape index (κ1) is 16.4. The van der Waals surface area contributed by atoms with Crippen molar-refractivity contribution in [1.82, 2.24) is 0 Å². The van der Waals surface area contributed by atoms with Crippen LogP contribution in [0.1, 0.15) is 6.42 Å². The molecular weight excluding hydrogens is 400 g/mol. The van der Waals surface area contributed by atoms with Crippen LogP contribution in [0.2, 0.25) is 5.02 Å². The first-order valence-corrected chi connectivity index (χ1v) is 8.85. The molecule has 2 amide bonds. The van der Waals surface area contributed by atoms with Crippen molar-refractivity contribution < 1.29 is 9.59 Å². The average Bonchev–Trinajstić information content (AvgIpc) is 2.74. The number of nitrogens with zero attached hydrogens (tertiary/aromatic N) is 1. The van der Waals surface area contributed by atoms with E-state index in [1.54, 1.807) is 30.3 Å². The monoisotopic (exact) mass is 410 g/mol. The second-order valence-electron chi connectivity index (χ2n) is 5.05. The normalized spacial score (nSPS) is 17.8. The summed E-state index contributed by atoms with van der Waals surface area (Å²) in [6.07, 6.45) is 0.144. The van der Waals surface area contributed by atoms with Crippen LogP contribution in [0.4, 0.5) is 11.4 Å². The summed E-state index contributed by atoms with van der Waals surface area (Å²) in [4.78, 5) is 26.9. The van der Waals surface area contributed by atoms with E-state index in [2.05, 4.69) is 15.9 Å². The summed E-state index contributed by atoms with van der Waals surface area (Å²) >= 11 is 10.8. The number of halogens is 2. The average molecular weight is 412 g/mol. The van der Waals surface area contributed by atoms with Crippen LogP contribution in [0.15, 0.2) is 51.8 Å². The molecule has 2 aromatic rings. The molecule has 1 fully saturated rings. The number of benzene rings is 2. The number of imide groups is 1. The van der Waals surface area contributed by atoms with E-state index in [0.717, 1.165) is 9.37 Å². The zero-order valence-electron chi connectivity index (χ0n) is 11.8. The molecule has 1 saturated heterocycles. The number of nitrogen functional groups attached to an aromatic ring is 1. The maximum absolute atomic E-state index is 12.6. The van der Waals surface area contributed by atoms with Gasteiger partial charge in [-0.25, -0.2) is 4.90 Å². The second kappa shape index (κ2) is 6.55. The van der Waals surface area contributed by atoms with Gasteiger partial charge in [-0.05, 0) is 36.4 Å². The zero-order chi connectivity index (χ0) is 16.6. The van der Waals surface area contributed by atoms with E-state index in [9.17, 15) is 9.59 Å². The molecule has 118 valence electrons. The minimum Gasteiger partial charge on any atom is -0.399 e. The lowest BCUT2D eigenvalue weighted by atomic mass is 10.3. The highest BCUT2D eigenvalue weighted by Gasteiger charge is 2.40. The molecule has 2 aromatic carbocycles. The van der Waals surface area contributed by atoms with Gasteiger partial charge in [-0.15, -0.1) is 11.8 Å². The van der Waals surface area contributed by atoms with Crippen LogP contribution < -0.4 is 10.6 Å². The summed E-state index contributed by atoms with van der Waals surface area (Å²) in [5.74, 6) is -0.507. The Bertz CT molecular complexity index is 799. The molecule has 0 unspecified atom stereocenters. The molecule has 23 heavy (non-hydrogen) atoms.